The first kappa shape index (κ1) is 14.4. The Labute approximate surface area is 125 Å². The van der Waals surface area contributed by atoms with Crippen LogP contribution in [0, 0.1) is 12.8 Å². The molecule has 0 N–H and O–H groups in total. The molecular weight excluding hydrogens is 262 g/mol. The highest BCUT2D eigenvalue weighted by Crippen LogP contribution is 2.25. The molecule has 1 fully saturated rings. The summed E-state index contributed by atoms with van der Waals surface area (Å²) in [5.74, 6) is 1.66. The average molecular weight is 287 g/mol. The molecule has 2 heterocycles. The largest absolute Gasteiger partial charge is 0.309 e. The van der Waals surface area contributed by atoms with Crippen molar-refractivity contribution >= 4 is 5.52 Å². The van der Waals surface area contributed by atoms with E-state index in [0.29, 0.717) is 5.92 Å². The standard InChI is InChI=1S/C17H25N3O/c1-3-7-16-18-10-15-17(21)19(13(2)11-20(15)16)12-14-8-5-4-6-9-14/h10-11,14H,3-9,12H2,1-2H3. The second kappa shape index (κ2) is 6.04. The van der Waals surface area contributed by atoms with E-state index < -0.39 is 0 Å². The normalized spacial score (nSPS) is 16.7. The van der Waals surface area contributed by atoms with Crippen LogP contribution in [0.25, 0.3) is 5.52 Å². The van der Waals surface area contributed by atoms with Gasteiger partial charge in [-0.2, -0.15) is 0 Å². The van der Waals surface area contributed by atoms with Gasteiger partial charge in [-0.1, -0.05) is 26.2 Å². The van der Waals surface area contributed by atoms with Crippen LogP contribution in [0.3, 0.4) is 0 Å². The Balaban J connectivity index is 1.97. The maximum absolute atomic E-state index is 12.7. The van der Waals surface area contributed by atoms with E-state index in [1.165, 1.54) is 32.1 Å². The van der Waals surface area contributed by atoms with Crippen LogP contribution in [0.5, 0.6) is 0 Å². The van der Waals surface area contributed by atoms with Gasteiger partial charge in [-0.3, -0.25) is 9.20 Å². The minimum atomic E-state index is 0.121. The number of hydrogen-bond donors (Lipinski definition) is 0. The van der Waals surface area contributed by atoms with Crippen LogP contribution in [-0.2, 0) is 13.0 Å². The summed E-state index contributed by atoms with van der Waals surface area (Å²) in [6, 6.07) is 0. The van der Waals surface area contributed by atoms with Crippen molar-refractivity contribution in [3.05, 3.63) is 34.3 Å². The van der Waals surface area contributed by atoms with E-state index >= 15 is 0 Å². The summed E-state index contributed by atoms with van der Waals surface area (Å²) < 4.78 is 3.95. The van der Waals surface area contributed by atoms with Gasteiger partial charge < -0.3 is 4.57 Å². The Kier molecular flexibility index (Phi) is 4.13. The lowest BCUT2D eigenvalue weighted by Gasteiger charge is -2.23. The second-order valence-electron chi connectivity index (χ2n) is 6.37. The van der Waals surface area contributed by atoms with Crippen molar-refractivity contribution in [1.82, 2.24) is 14.0 Å². The van der Waals surface area contributed by atoms with Gasteiger partial charge >= 0.3 is 0 Å². The Hall–Kier alpha value is -1.58. The second-order valence-corrected chi connectivity index (χ2v) is 6.37. The van der Waals surface area contributed by atoms with Crippen LogP contribution >= 0.6 is 0 Å². The summed E-state index contributed by atoms with van der Waals surface area (Å²) >= 11 is 0. The van der Waals surface area contributed by atoms with Gasteiger partial charge in [0.2, 0.25) is 0 Å². The van der Waals surface area contributed by atoms with Crippen molar-refractivity contribution < 1.29 is 0 Å². The van der Waals surface area contributed by atoms with Gasteiger partial charge in [0, 0.05) is 24.9 Å². The van der Waals surface area contributed by atoms with E-state index in [0.717, 1.165) is 36.4 Å². The molecule has 0 spiro atoms. The molecule has 1 aliphatic rings. The Morgan fingerprint density at radius 3 is 2.76 bits per heavy atom. The van der Waals surface area contributed by atoms with Gasteiger partial charge in [0.1, 0.15) is 11.3 Å². The molecule has 21 heavy (non-hydrogen) atoms. The third-order valence-electron chi connectivity index (χ3n) is 4.72. The molecule has 0 amide bonds. The van der Waals surface area contributed by atoms with E-state index in [4.69, 9.17) is 0 Å². The first-order valence-corrected chi connectivity index (χ1v) is 8.27. The first-order valence-electron chi connectivity index (χ1n) is 8.27. The molecule has 0 unspecified atom stereocenters. The summed E-state index contributed by atoms with van der Waals surface area (Å²) in [6.45, 7) is 5.05. The summed E-state index contributed by atoms with van der Waals surface area (Å²) in [5.41, 5.74) is 1.89. The predicted molar refractivity (Wildman–Crippen MR) is 84.8 cm³/mol. The topological polar surface area (TPSA) is 39.3 Å². The minimum Gasteiger partial charge on any atom is -0.309 e. The summed E-state index contributed by atoms with van der Waals surface area (Å²) in [5, 5.41) is 0. The van der Waals surface area contributed by atoms with Crippen LogP contribution < -0.4 is 5.56 Å². The molecule has 1 saturated carbocycles. The molecule has 0 aliphatic heterocycles. The lowest BCUT2D eigenvalue weighted by molar-refractivity contribution is 0.314. The molecule has 4 nitrogen and oxygen atoms in total. The van der Waals surface area contributed by atoms with Crippen LogP contribution in [0.1, 0.15) is 57.0 Å². The van der Waals surface area contributed by atoms with E-state index in [-0.39, 0.29) is 5.56 Å². The highest BCUT2D eigenvalue weighted by atomic mass is 16.1. The van der Waals surface area contributed by atoms with Crippen LogP contribution in [0.15, 0.2) is 17.2 Å². The molecule has 0 aromatic carbocycles. The van der Waals surface area contributed by atoms with Gasteiger partial charge in [-0.25, -0.2) is 4.98 Å². The van der Waals surface area contributed by atoms with Crippen molar-refractivity contribution in [2.45, 2.75) is 65.3 Å². The SMILES string of the molecule is CCCc1ncc2c(=O)n(CC3CCCCC3)c(C)cn12. The van der Waals surface area contributed by atoms with E-state index in [9.17, 15) is 4.79 Å². The minimum absolute atomic E-state index is 0.121. The van der Waals surface area contributed by atoms with E-state index in [2.05, 4.69) is 18.1 Å². The van der Waals surface area contributed by atoms with Crippen LogP contribution in [-0.4, -0.2) is 14.0 Å². The number of rotatable bonds is 4. The zero-order valence-electron chi connectivity index (χ0n) is 13.1. The van der Waals surface area contributed by atoms with Gasteiger partial charge in [-0.15, -0.1) is 0 Å². The van der Waals surface area contributed by atoms with Gasteiger partial charge in [-0.05, 0) is 32.1 Å². The fourth-order valence-corrected chi connectivity index (χ4v) is 3.52. The van der Waals surface area contributed by atoms with E-state index in [1.807, 2.05) is 15.9 Å². The molecule has 2 aromatic heterocycles. The lowest BCUT2D eigenvalue weighted by atomic mass is 9.89. The fourth-order valence-electron chi connectivity index (χ4n) is 3.52. The van der Waals surface area contributed by atoms with Crippen molar-refractivity contribution in [3.63, 3.8) is 0 Å². The quantitative estimate of drug-likeness (QED) is 0.865. The smallest absolute Gasteiger partial charge is 0.276 e. The monoisotopic (exact) mass is 287 g/mol. The first-order chi connectivity index (χ1) is 10.2. The van der Waals surface area contributed by atoms with Gasteiger partial charge in [0.25, 0.3) is 5.56 Å². The van der Waals surface area contributed by atoms with Gasteiger partial charge in [0.15, 0.2) is 0 Å². The number of hydrogen-bond acceptors (Lipinski definition) is 2. The molecule has 3 rings (SSSR count). The number of imidazole rings is 1. The van der Waals surface area contributed by atoms with Gasteiger partial charge in [0.05, 0.1) is 6.20 Å². The highest BCUT2D eigenvalue weighted by Gasteiger charge is 2.17. The molecule has 0 radical (unpaired) electrons. The maximum atomic E-state index is 12.7. The molecular formula is C17H25N3O. The predicted octanol–water partition coefficient (Wildman–Crippen LogP) is 3.34. The fraction of sp³-hybridized carbons (Fsp3) is 0.647. The maximum Gasteiger partial charge on any atom is 0.276 e. The molecule has 4 heteroatoms. The highest BCUT2D eigenvalue weighted by molar-refractivity contribution is 5.44. The van der Waals surface area contributed by atoms with Crippen LogP contribution in [0.4, 0.5) is 0 Å². The number of nitrogens with zero attached hydrogens (tertiary/aromatic N) is 3. The summed E-state index contributed by atoms with van der Waals surface area (Å²) in [4.78, 5) is 17.2. The molecule has 0 saturated heterocycles. The molecule has 1 aliphatic carbocycles. The number of aryl methyl sites for hydroxylation is 2. The van der Waals surface area contributed by atoms with Crippen molar-refractivity contribution in [1.29, 1.82) is 0 Å². The number of fused-ring (bicyclic) bond motifs is 1. The molecule has 2 aromatic rings. The van der Waals surface area contributed by atoms with E-state index in [1.54, 1.807) is 6.20 Å². The summed E-state index contributed by atoms with van der Waals surface area (Å²) in [6.07, 6.45) is 12.3. The lowest BCUT2D eigenvalue weighted by Crippen LogP contribution is -2.28. The number of aromatic nitrogens is 3. The zero-order valence-corrected chi connectivity index (χ0v) is 13.1. The molecule has 0 atom stereocenters. The Bertz CT molecular complexity index is 677. The Morgan fingerprint density at radius 2 is 2.05 bits per heavy atom. The third kappa shape index (κ3) is 2.76. The third-order valence-corrected chi connectivity index (χ3v) is 4.72. The van der Waals surface area contributed by atoms with Crippen LogP contribution in [0.2, 0.25) is 0 Å². The summed E-state index contributed by atoms with van der Waals surface area (Å²) in [7, 11) is 0. The Morgan fingerprint density at radius 1 is 1.29 bits per heavy atom. The molecule has 0 bridgehead atoms. The average Bonchev–Trinajstić information content (AvgIpc) is 2.88. The van der Waals surface area contributed by atoms with Crippen molar-refractivity contribution in [3.8, 4) is 0 Å². The van der Waals surface area contributed by atoms with Crippen molar-refractivity contribution in [2.24, 2.45) is 5.92 Å². The van der Waals surface area contributed by atoms with Crippen molar-refractivity contribution in [2.75, 3.05) is 0 Å². The zero-order chi connectivity index (χ0) is 14.8. The molecule has 114 valence electrons.